The van der Waals surface area contributed by atoms with E-state index in [4.69, 9.17) is 0 Å². The van der Waals surface area contributed by atoms with Gasteiger partial charge in [0.2, 0.25) is 0 Å². The Morgan fingerprint density at radius 3 is 2.92 bits per heavy atom. The van der Waals surface area contributed by atoms with Crippen LogP contribution in [0.3, 0.4) is 0 Å². The zero-order valence-electron chi connectivity index (χ0n) is 6.71. The molecule has 0 aliphatic heterocycles. The molecule has 0 aromatic heterocycles. The highest BCUT2D eigenvalue weighted by atomic mass is 19.1. The van der Waals surface area contributed by atoms with Crippen molar-refractivity contribution in [2.45, 2.75) is 6.67 Å². The number of methoxy groups -OCH3 is 1. The van der Waals surface area contributed by atoms with Crippen molar-refractivity contribution >= 4 is 5.97 Å². The highest BCUT2D eigenvalue weighted by Crippen LogP contribution is 2.07. The van der Waals surface area contributed by atoms with Crippen molar-refractivity contribution in [3.05, 3.63) is 35.4 Å². The minimum Gasteiger partial charge on any atom is -0.465 e. The van der Waals surface area contributed by atoms with Crippen molar-refractivity contribution in [1.82, 2.24) is 0 Å². The number of hydrogen-bond donors (Lipinski definition) is 0. The van der Waals surface area contributed by atoms with E-state index in [1.165, 1.54) is 13.2 Å². The SMILES string of the molecule is COC(=O)c1cccc(CF)c1. The monoisotopic (exact) mass is 168 g/mol. The lowest BCUT2D eigenvalue weighted by Crippen LogP contribution is -2.01. The van der Waals surface area contributed by atoms with E-state index in [1.54, 1.807) is 18.2 Å². The minimum atomic E-state index is -0.565. The molecule has 64 valence electrons. The molecule has 1 rings (SSSR count). The maximum atomic E-state index is 12.1. The van der Waals surface area contributed by atoms with Gasteiger partial charge in [0, 0.05) is 0 Å². The van der Waals surface area contributed by atoms with Gasteiger partial charge in [0.15, 0.2) is 0 Å². The molecule has 0 aliphatic carbocycles. The molecular weight excluding hydrogens is 159 g/mol. The van der Waals surface area contributed by atoms with E-state index in [0.717, 1.165) is 0 Å². The second-order valence-corrected chi connectivity index (χ2v) is 2.33. The Balaban J connectivity index is 2.93. The van der Waals surface area contributed by atoms with Crippen LogP contribution in [0.1, 0.15) is 15.9 Å². The van der Waals surface area contributed by atoms with Crippen LogP contribution in [0.25, 0.3) is 0 Å². The highest BCUT2D eigenvalue weighted by Gasteiger charge is 2.04. The Morgan fingerprint density at radius 1 is 1.58 bits per heavy atom. The zero-order valence-corrected chi connectivity index (χ0v) is 6.71. The summed E-state index contributed by atoms with van der Waals surface area (Å²) in [5.74, 6) is -0.440. The van der Waals surface area contributed by atoms with Gasteiger partial charge >= 0.3 is 5.97 Å². The molecule has 0 heterocycles. The van der Waals surface area contributed by atoms with Crippen LogP contribution < -0.4 is 0 Å². The molecule has 0 N–H and O–H groups in total. The lowest BCUT2D eigenvalue weighted by Gasteiger charge is -1.99. The highest BCUT2D eigenvalue weighted by molar-refractivity contribution is 5.89. The van der Waals surface area contributed by atoms with Gasteiger partial charge in [-0.1, -0.05) is 12.1 Å². The summed E-state index contributed by atoms with van der Waals surface area (Å²) in [5.41, 5.74) is 0.866. The Hall–Kier alpha value is -1.38. The fraction of sp³-hybridized carbons (Fsp3) is 0.222. The molecule has 0 unspecified atom stereocenters. The average molecular weight is 168 g/mol. The fourth-order valence-electron chi connectivity index (χ4n) is 0.899. The molecule has 0 atom stereocenters. The maximum absolute atomic E-state index is 12.1. The van der Waals surface area contributed by atoms with Crippen molar-refractivity contribution < 1.29 is 13.9 Å². The molecule has 0 aliphatic rings. The summed E-state index contributed by atoms with van der Waals surface area (Å²) >= 11 is 0. The number of halogens is 1. The van der Waals surface area contributed by atoms with Gasteiger partial charge in [0.05, 0.1) is 12.7 Å². The van der Waals surface area contributed by atoms with Crippen LogP contribution in [-0.2, 0) is 11.4 Å². The van der Waals surface area contributed by atoms with Gasteiger partial charge in [0.1, 0.15) is 6.67 Å². The second kappa shape index (κ2) is 3.85. The lowest BCUT2D eigenvalue weighted by atomic mass is 10.1. The van der Waals surface area contributed by atoms with Crippen molar-refractivity contribution in [2.75, 3.05) is 7.11 Å². The first-order valence-electron chi connectivity index (χ1n) is 3.51. The summed E-state index contributed by atoms with van der Waals surface area (Å²) in [5, 5.41) is 0. The normalized spacial score (nSPS) is 9.50. The molecular formula is C9H9FO2. The largest absolute Gasteiger partial charge is 0.465 e. The number of hydrogen-bond acceptors (Lipinski definition) is 2. The summed E-state index contributed by atoms with van der Waals surface area (Å²) in [7, 11) is 1.30. The van der Waals surface area contributed by atoms with E-state index in [1.807, 2.05) is 0 Å². The Kier molecular flexibility index (Phi) is 2.80. The van der Waals surface area contributed by atoms with Crippen molar-refractivity contribution in [2.24, 2.45) is 0 Å². The molecule has 1 aromatic rings. The molecule has 0 saturated heterocycles. The van der Waals surface area contributed by atoms with Crippen LogP contribution >= 0.6 is 0 Å². The van der Waals surface area contributed by atoms with Gasteiger partial charge < -0.3 is 4.74 Å². The molecule has 0 bridgehead atoms. The van der Waals surface area contributed by atoms with Gasteiger partial charge in [-0.2, -0.15) is 0 Å². The third kappa shape index (κ3) is 1.81. The number of carbonyl (C=O) groups is 1. The smallest absolute Gasteiger partial charge is 0.337 e. The third-order valence-electron chi connectivity index (χ3n) is 1.50. The topological polar surface area (TPSA) is 26.3 Å². The van der Waals surface area contributed by atoms with E-state index in [0.29, 0.717) is 11.1 Å². The molecule has 2 nitrogen and oxygen atoms in total. The van der Waals surface area contributed by atoms with Crippen molar-refractivity contribution in [1.29, 1.82) is 0 Å². The van der Waals surface area contributed by atoms with Crippen molar-refractivity contribution in [3.63, 3.8) is 0 Å². The summed E-state index contributed by atoms with van der Waals surface area (Å²) in [6.07, 6.45) is 0. The summed E-state index contributed by atoms with van der Waals surface area (Å²) < 4.78 is 16.6. The van der Waals surface area contributed by atoms with Crippen LogP contribution in [0.5, 0.6) is 0 Å². The Morgan fingerprint density at radius 2 is 2.33 bits per heavy atom. The number of alkyl halides is 1. The molecule has 0 amide bonds. The van der Waals surface area contributed by atoms with Gasteiger partial charge in [0.25, 0.3) is 0 Å². The quantitative estimate of drug-likeness (QED) is 0.631. The molecule has 12 heavy (non-hydrogen) atoms. The Bertz CT molecular complexity index is 284. The predicted octanol–water partition coefficient (Wildman–Crippen LogP) is 1.94. The number of ether oxygens (including phenoxy) is 1. The van der Waals surface area contributed by atoms with Crippen LogP contribution in [0.4, 0.5) is 4.39 Å². The van der Waals surface area contributed by atoms with Crippen LogP contribution in [-0.4, -0.2) is 13.1 Å². The molecule has 0 radical (unpaired) electrons. The van der Waals surface area contributed by atoms with Crippen LogP contribution in [0, 0.1) is 0 Å². The lowest BCUT2D eigenvalue weighted by molar-refractivity contribution is 0.0600. The van der Waals surface area contributed by atoms with E-state index in [9.17, 15) is 9.18 Å². The number of benzene rings is 1. The molecule has 0 fully saturated rings. The van der Waals surface area contributed by atoms with E-state index >= 15 is 0 Å². The van der Waals surface area contributed by atoms with Gasteiger partial charge in [-0.15, -0.1) is 0 Å². The predicted molar refractivity (Wildman–Crippen MR) is 42.6 cm³/mol. The van der Waals surface area contributed by atoms with Crippen LogP contribution in [0.2, 0.25) is 0 Å². The number of rotatable bonds is 2. The average Bonchev–Trinajstić information content (AvgIpc) is 2.17. The third-order valence-corrected chi connectivity index (χ3v) is 1.50. The molecule has 1 aromatic carbocycles. The van der Waals surface area contributed by atoms with Crippen molar-refractivity contribution in [3.8, 4) is 0 Å². The summed E-state index contributed by atoms with van der Waals surface area (Å²) in [4.78, 5) is 10.9. The minimum absolute atomic E-state index is 0.382. The first kappa shape index (κ1) is 8.71. The molecule has 0 spiro atoms. The summed E-state index contributed by atoms with van der Waals surface area (Å²) in [6.45, 7) is -0.565. The zero-order chi connectivity index (χ0) is 8.97. The molecule has 3 heteroatoms. The second-order valence-electron chi connectivity index (χ2n) is 2.33. The van der Waals surface area contributed by atoms with Gasteiger partial charge in [-0.3, -0.25) is 0 Å². The summed E-state index contributed by atoms with van der Waals surface area (Å²) in [6, 6.07) is 6.31. The van der Waals surface area contributed by atoms with Gasteiger partial charge in [-0.25, -0.2) is 9.18 Å². The fourth-order valence-corrected chi connectivity index (χ4v) is 0.899. The van der Waals surface area contributed by atoms with Gasteiger partial charge in [-0.05, 0) is 17.7 Å². The molecule has 0 saturated carbocycles. The first-order chi connectivity index (χ1) is 5.77. The maximum Gasteiger partial charge on any atom is 0.337 e. The number of esters is 1. The van der Waals surface area contributed by atoms with E-state index in [-0.39, 0.29) is 0 Å². The standard InChI is InChI=1S/C9H9FO2/c1-12-9(11)8-4-2-3-7(5-8)6-10/h2-5H,6H2,1H3. The Labute approximate surface area is 70.0 Å². The van der Waals surface area contributed by atoms with E-state index < -0.39 is 12.6 Å². The van der Waals surface area contributed by atoms with Crippen LogP contribution in [0.15, 0.2) is 24.3 Å². The first-order valence-corrected chi connectivity index (χ1v) is 3.51. The number of carbonyl (C=O) groups excluding carboxylic acids is 1. The van der Waals surface area contributed by atoms with E-state index in [2.05, 4.69) is 4.74 Å².